The van der Waals surface area contributed by atoms with Crippen LogP contribution in [-0.4, -0.2) is 80.5 Å². The van der Waals surface area contributed by atoms with Gasteiger partial charge in [0, 0.05) is 45.2 Å². The number of likely N-dealkylation sites (tertiary alicyclic amines) is 1. The minimum absolute atomic E-state index is 0.0527. The maximum absolute atomic E-state index is 13.2. The Morgan fingerprint density at radius 2 is 2.00 bits per heavy atom. The summed E-state index contributed by atoms with van der Waals surface area (Å²) in [6.07, 6.45) is 4.27. The first-order valence-corrected chi connectivity index (χ1v) is 10.4. The lowest BCUT2D eigenvalue weighted by Gasteiger charge is -2.52. The van der Waals surface area contributed by atoms with Gasteiger partial charge in [-0.1, -0.05) is 0 Å². The second-order valence-electron chi connectivity index (χ2n) is 7.46. The second kappa shape index (κ2) is 7.56. The van der Waals surface area contributed by atoms with Crippen molar-refractivity contribution in [1.82, 2.24) is 29.9 Å². The summed E-state index contributed by atoms with van der Waals surface area (Å²) in [5, 5.41) is 10.6. The minimum atomic E-state index is -0.558. The van der Waals surface area contributed by atoms with E-state index in [9.17, 15) is 9.59 Å². The molecule has 4 heterocycles. The van der Waals surface area contributed by atoms with E-state index in [2.05, 4.69) is 25.5 Å². The lowest BCUT2D eigenvalue weighted by Crippen LogP contribution is -2.68. The van der Waals surface area contributed by atoms with Gasteiger partial charge in [-0.2, -0.15) is 10.2 Å². The van der Waals surface area contributed by atoms with Crippen LogP contribution in [0.15, 0.2) is 23.8 Å². The van der Waals surface area contributed by atoms with Gasteiger partial charge in [-0.3, -0.25) is 14.5 Å². The van der Waals surface area contributed by atoms with E-state index in [4.69, 9.17) is 0 Å². The normalized spacial score (nSPS) is 20.0. The number of likely N-dealkylation sites (N-methyl/N-ethyl adjacent to an activating group) is 1. The maximum Gasteiger partial charge on any atom is 0.255 e. The first-order chi connectivity index (χ1) is 13.5. The van der Waals surface area contributed by atoms with Crippen LogP contribution in [0.5, 0.6) is 0 Å². The van der Waals surface area contributed by atoms with Gasteiger partial charge in [0.1, 0.15) is 5.54 Å². The van der Waals surface area contributed by atoms with Crippen molar-refractivity contribution < 1.29 is 9.59 Å². The zero-order chi connectivity index (χ0) is 19.7. The fourth-order valence-corrected chi connectivity index (χ4v) is 4.80. The van der Waals surface area contributed by atoms with E-state index in [1.807, 2.05) is 23.8 Å². The molecule has 4 rings (SSSR count). The highest BCUT2D eigenvalue weighted by atomic mass is 32.1. The number of hydrogen-bond acceptors (Lipinski definition) is 7. The Morgan fingerprint density at radius 1 is 1.21 bits per heavy atom. The fraction of sp³-hybridized carbons (Fsp3) is 0.526. The Kier molecular flexibility index (Phi) is 5.11. The molecule has 2 amide bonds. The molecule has 2 fully saturated rings. The standard InChI is InChI=1S/C19H24N6O2S/c1-14-22-16(13-28-14)12-25-10-9-23(2)18(27)19(25)4-7-24(8-5-19)17(26)15-3-6-20-21-11-15/h3,6,11,13H,4-5,7-10,12H2,1-2H3. The molecule has 0 bridgehead atoms. The third-order valence-corrected chi connectivity index (χ3v) is 6.61. The molecule has 2 aliphatic heterocycles. The number of aromatic nitrogens is 3. The van der Waals surface area contributed by atoms with Gasteiger partial charge in [-0.15, -0.1) is 11.3 Å². The van der Waals surface area contributed by atoms with Crippen molar-refractivity contribution in [2.45, 2.75) is 31.8 Å². The van der Waals surface area contributed by atoms with E-state index in [-0.39, 0.29) is 11.8 Å². The van der Waals surface area contributed by atoms with Crippen LogP contribution < -0.4 is 0 Å². The summed E-state index contributed by atoms with van der Waals surface area (Å²) in [4.78, 5) is 36.4. The Hall–Kier alpha value is -2.39. The molecule has 0 radical (unpaired) electrons. The molecule has 0 atom stereocenters. The summed E-state index contributed by atoms with van der Waals surface area (Å²) < 4.78 is 0. The SMILES string of the molecule is Cc1nc(CN2CCN(C)C(=O)C23CCN(C(=O)c2ccnnc2)CC3)cs1. The Balaban J connectivity index is 1.52. The monoisotopic (exact) mass is 400 g/mol. The third kappa shape index (κ3) is 3.40. The topological polar surface area (TPSA) is 82.5 Å². The lowest BCUT2D eigenvalue weighted by molar-refractivity contribution is -0.154. The number of hydrogen-bond donors (Lipinski definition) is 0. The predicted molar refractivity (Wildman–Crippen MR) is 105 cm³/mol. The average molecular weight is 401 g/mol. The Morgan fingerprint density at radius 3 is 2.64 bits per heavy atom. The summed E-state index contributed by atoms with van der Waals surface area (Å²) in [5.41, 5.74) is 0.992. The average Bonchev–Trinajstić information content (AvgIpc) is 3.14. The number of piperidine rings is 1. The number of aryl methyl sites for hydroxylation is 1. The highest BCUT2D eigenvalue weighted by Gasteiger charge is 2.50. The van der Waals surface area contributed by atoms with Crippen molar-refractivity contribution in [2.24, 2.45) is 0 Å². The quantitative estimate of drug-likeness (QED) is 0.770. The van der Waals surface area contributed by atoms with Gasteiger partial charge in [-0.05, 0) is 25.8 Å². The molecule has 0 N–H and O–H groups in total. The van der Waals surface area contributed by atoms with Crippen LogP contribution in [-0.2, 0) is 11.3 Å². The Labute approximate surface area is 168 Å². The zero-order valence-electron chi connectivity index (χ0n) is 16.2. The fourth-order valence-electron chi connectivity index (χ4n) is 4.19. The first-order valence-electron chi connectivity index (χ1n) is 9.47. The maximum atomic E-state index is 13.2. The smallest absolute Gasteiger partial charge is 0.255 e. The van der Waals surface area contributed by atoms with Gasteiger partial charge in [0.25, 0.3) is 5.91 Å². The van der Waals surface area contributed by atoms with Gasteiger partial charge >= 0.3 is 0 Å². The van der Waals surface area contributed by atoms with Crippen molar-refractivity contribution in [1.29, 1.82) is 0 Å². The molecule has 0 unspecified atom stereocenters. The molecule has 28 heavy (non-hydrogen) atoms. The van der Waals surface area contributed by atoms with Crippen LogP contribution in [0.2, 0.25) is 0 Å². The van der Waals surface area contributed by atoms with E-state index >= 15 is 0 Å². The third-order valence-electron chi connectivity index (χ3n) is 5.78. The number of nitrogens with zero attached hydrogens (tertiary/aromatic N) is 6. The van der Waals surface area contributed by atoms with Gasteiger partial charge in [-0.25, -0.2) is 4.98 Å². The molecule has 8 nitrogen and oxygen atoms in total. The summed E-state index contributed by atoms with van der Waals surface area (Å²) in [7, 11) is 1.87. The van der Waals surface area contributed by atoms with Crippen molar-refractivity contribution in [2.75, 3.05) is 33.2 Å². The van der Waals surface area contributed by atoms with E-state index in [0.717, 1.165) is 23.8 Å². The molecule has 2 saturated heterocycles. The van der Waals surface area contributed by atoms with Gasteiger partial charge in [0.2, 0.25) is 5.91 Å². The van der Waals surface area contributed by atoms with Crippen LogP contribution >= 0.6 is 11.3 Å². The molecule has 148 valence electrons. The molecule has 2 aromatic rings. The van der Waals surface area contributed by atoms with E-state index in [0.29, 0.717) is 38.0 Å². The number of piperazine rings is 1. The summed E-state index contributed by atoms with van der Waals surface area (Å²) in [5.74, 6) is 0.103. The molecular weight excluding hydrogens is 376 g/mol. The molecule has 2 aliphatic rings. The number of amides is 2. The van der Waals surface area contributed by atoms with Crippen molar-refractivity contribution >= 4 is 23.2 Å². The van der Waals surface area contributed by atoms with Crippen LogP contribution in [0.25, 0.3) is 0 Å². The molecule has 1 spiro atoms. The van der Waals surface area contributed by atoms with Gasteiger partial charge in [0.05, 0.1) is 28.7 Å². The van der Waals surface area contributed by atoms with E-state index in [1.165, 1.54) is 12.4 Å². The van der Waals surface area contributed by atoms with Crippen LogP contribution in [0.1, 0.15) is 33.9 Å². The zero-order valence-corrected chi connectivity index (χ0v) is 17.0. The summed E-state index contributed by atoms with van der Waals surface area (Å²) in [6.45, 7) is 5.31. The van der Waals surface area contributed by atoms with E-state index < -0.39 is 5.54 Å². The minimum Gasteiger partial charge on any atom is -0.343 e. The first kappa shape index (κ1) is 18.9. The van der Waals surface area contributed by atoms with Gasteiger partial charge in [0.15, 0.2) is 0 Å². The highest BCUT2D eigenvalue weighted by molar-refractivity contribution is 7.09. The number of thiazole rings is 1. The molecule has 0 aromatic carbocycles. The molecule has 0 aliphatic carbocycles. The molecule has 2 aromatic heterocycles. The molecule has 0 saturated carbocycles. The lowest BCUT2D eigenvalue weighted by atomic mass is 9.82. The predicted octanol–water partition coefficient (Wildman–Crippen LogP) is 1.19. The Bertz CT molecular complexity index is 862. The van der Waals surface area contributed by atoms with Gasteiger partial charge < -0.3 is 9.80 Å². The van der Waals surface area contributed by atoms with Crippen LogP contribution in [0.4, 0.5) is 0 Å². The van der Waals surface area contributed by atoms with E-state index in [1.54, 1.807) is 17.4 Å². The van der Waals surface area contributed by atoms with Crippen LogP contribution in [0, 0.1) is 6.92 Å². The second-order valence-corrected chi connectivity index (χ2v) is 8.52. The number of carbonyl (C=O) groups excluding carboxylic acids is 2. The number of rotatable bonds is 3. The highest BCUT2D eigenvalue weighted by Crippen LogP contribution is 2.35. The van der Waals surface area contributed by atoms with Crippen molar-refractivity contribution in [3.63, 3.8) is 0 Å². The van der Waals surface area contributed by atoms with Crippen molar-refractivity contribution in [3.05, 3.63) is 40.1 Å². The molecule has 9 heteroatoms. The molecular formula is C19H24N6O2S. The summed E-state index contributed by atoms with van der Waals surface area (Å²) in [6, 6.07) is 1.68. The summed E-state index contributed by atoms with van der Waals surface area (Å²) >= 11 is 1.63. The number of carbonyl (C=O) groups is 2. The largest absolute Gasteiger partial charge is 0.343 e. The van der Waals surface area contributed by atoms with Crippen LogP contribution in [0.3, 0.4) is 0 Å². The van der Waals surface area contributed by atoms with Crippen molar-refractivity contribution in [3.8, 4) is 0 Å².